The summed E-state index contributed by atoms with van der Waals surface area (Å²) in [6.07, 6.45) is 16.3. The molecule has 0 heterocycles. The van der Waals surface area contributed by atoms with Crippen molar-refractivity contribution < 1.29 is 42.3 Å². The second kappa shape index (κ2) is 19.4. The quantitative estimate of drug-likeness (QED) is 0.267. The van der Waals surface area contributed by atoms with E-state index in [0.29, 0.717) is 6.42 Å². The minimum absolute atomic E-state index is 0. The molecule has 2 N–H and O–H groups in total. The molecule has 4 heteroatoms. The van der Waals surface area contributed by atoms with Crippen LogP contribution in [0.5, 0.6) is 0 Å². The van der Waals surface area contributed by atoms with Crippen molar-refractivity contribution in [2.45, 2.75) is 109 Å². The number of unbranched alkanes of at least 4 members (excludes halogenated alkanes) is 10. The number of aliphatic hydroxyl groups excluding tert-OH is 1. The van der Waals surface area contributed by atoms with Gasteiger partial charge in [0.25, 0.3) is 0 Å². The van der Waals surface area contributed by atoms with Gasteiger partial charge in [-0.05, 0) is 19.3 Å². The van der Waals surface area contributed by atoms with Gasteiger partial charge in [-0.3, -0.25) is 4.79 Å². The van der Waals surface area contributed by atoms with Gasteiger partial charge in [-0.15, -0.1) is 0 Å². The molecule has 0 aromatic rings. The second-order valence-electron chi connectivity index (χ2n) is 6.26. The molecule has 0 amide bonds. The molecule has 0 rings (SSSR count). The first kappa shape index (κ1) is 24.6. The second-order valence-corrected chi connectivity index (χ2v) is 6.26. The Bertz CT molecular complexity index is 234. The molecule has 0 aromatic heterocycles. The van der Waals surface area contributed by atoms with Crippen LogP contribution in [-0.4, -0.2) is 22.3 Å². The number of carboxylic acid groups (broad SMARTS) is 1. The molecule has 0 aliphatic carbocycles. The Kier molecular flexibility index (Phi) is 21.7. The van der Waals surface area contributed by atoms with E-state index in [2.05, 4.69) is 6.92 Å². The van der Waals surface area contributed by atoms with Crippen molar-refractivity contribution in [2.24, 2.45) is 0 Å². The smallest absolute Gasteiger partial charge is 0.303 e. The molecule has 128 valence electrons. The topological polar surface area (TPSA) is 57.5 Å². The van der Waals surface area contributed by atoms with Gasteiger partial charge in [-0.25, -0.2) is 0 Å². The first-order valence-corrected chi connectivity index (χ1v) is 9.06. The van der Waals surface area contributed by atoms with Crippen LogP contribution in [0, 0.1) is 0 Å². The average molecular weight is 413 g/mol. The fourth-order valence-electron chi connectivity index (χ4n) is 2.67. The molecule has 1 unspecified atom stereocenters. The van der Waals surface area contributed by atoms with E-state index in [9.17, 15) is 9.90 Å². The summed E-state index contributed by atoms with van der Waals surface area (Å²) in [7, 11) is 0. The fourth-order valence-corrected chi connectivity index (χ4v) is 2.67. The van der Waals surface area contributed by atoms with Crippen LogP contribution < -0.4 is 0 Å². The molecule has 1 atom stereocenters. The van der Waals surface area contributed by atoms with Crippen molar-refractivity contribution in [3.63, 3.8) is 0 Å². The molecule has 0 radical (unpaired) electrons. The zero-order valence-electron chi connectivity index (χ0n) is 14.7. The third kappa shape index (κ3) is 20.4. The van der Waals surface area contributed by atoms with E-state index in [0.717, 1.165) is 38.5 Å². The summed E-state index contributed by atoms with van der Waals surface area (Å²) >= 11 is 0. The van der Waals surface area contributed by atoms with E-state index in [-0.39, 0.29) is 33.4 Å². The van der Waals surface area contributed by atoms with E-state index in [1.165, 1.54) is 51.4 Å². The third-order valence-electron chi connectivity index (χ3n) is 4.07. The molecule has 0 saturated heterocycles. The number of carboxylic acids is 1. The van der Waals surface area contributed by atoms with Crippen LogP contribution in [0.25, 0.3) is 0 Å². The average Bonchev–Trinajstić information content (AvgIpc) is 2.45. The number of aliphatic carboxylic acids is 1. The van der Waals surface area contributed by atoms with Crippen LogP contribution in [0.4, 0.5) is 0 Å². The van der Waals surface area contributed by atoms with Gasteiger partial charge < -0.3 is 10.2 Å². The first-order valence-electron chi connectivity index (χ1n) is 9.06. The predicted molar refractivity (Wildman–Crippen MR) is 88.6 cm³/mol. The largest absolute Gasteiger partial charge is 0.481 e. The summed E-state index contributed by atoms with van der Waals surface area (Å²) in [5, 5.41) is 18.4. The van der Waals surface area contributed by atoms with Crippen LogP contribution in [0.15, 0.2) is 0 Å². The predicted octanol–water partition coefficient (Wildman–Crippen LogP) is 5.30. The van der Waals surface area contributed by atoms with Gasteiger partial charge in [0.05, 0.1) is 6.10 Å². The van der Waals surface area contributed by atoms with Crippen molar-refractivity contribution in [3.8, 4) is 0 Å². The van der Waals surface area contributed by atoms with Crippen molar-refractivity contribution in [3.05, 3.63) is 0 Å². The standard InChI is InChI=1S/C18H36O3.Cd/c1-2-3-4-11-14-17(19)15-12-9-7-5-6-8-10-13-16-18(20)21;/h17,19H,2-16H2,1H3,(H,20,21);. The molecule has 3 nitrogen and oxygen atoms in total. The van der Waals surface area contributed by atoms with Crippen LogP contribution in [0.3, 0.4) is 0 Å². The molecule has 0 aromatic carbocycles. The molecule has 0 spiro atoms. The van der Waals surface area contributed by atoms with E-state index in [1.807, 2.05) is 0 Å². The number of hydrogen-bond donors (Lipinski definition) is 2. The molecular formula is C18H36CdO3. The van der Waals surface area contributed by atoms with Gasteiger partial charge in [-0.2, -0.15) is 0 Å². The summed E-state index contributed by atoms with van der Waals surface area (Å²) < 4.78 is 0. The number of aliphatic hydroxyl groups is 1. The Morgan fingerprint density at radius 3 is 1.64 bits per heavy atom. The summed E-state index contributed by atoms with van der Waals surface area (Å²) in [5.41, 5.74) is 0. The van der Waals surface area contributed by atoms with Crippen molar-refractivity contribution in [1.29, 1.82) is 0 Å². The summed E-state index contributed by atoms with van der Waals surface area (Å²) in [6.45, 7) is 2.21. The van der Waals surface area contributed by atoms with E-state index in [4.69, 9.17) is 5.11 Å². The van der Waals surface area contributed by atoms with E-state index < -0.39 is 5.97 Å². The minimum atomic E-state index is -0.678. The molecule has 0 saturated carbocycles. The molecule has 22 heavy (non-hydrogen) atoms. The summed E-state index contributed by atoms with van der Waals surface area (Å²) in [5.74, 6) is -0.678. The van der Waals surface area contributed by atoms with Crippen LogP contribution in [0.1, 0.15) is 103 Å². The maximum atomic E-state index is 10.3. The Labute approximate surface area is 157 Å². The molecule has 0 aliphatic heterocycles. The van der Waals surface area contributed by atoms with Crippen LogP contribution >= 0.6 is 0 Å². The molecule has 0 bridgehead atoms. The van der Waals surface area contributed by atoms with Gasteiger partial charge in [-0.1, -0.05) is 77.6 Å². The minimum Gasteiger partial charge on any atom is -0.481 e. The Morgan fingerprint density at radius 2 is 1.18 bits per heavy atom. The zero-order chi connectivity index (χ0) is 15.8. The molecular weight excluding hydrogens is 377 g/mol. The number of hydrogen-bond acceptors (Lipinski definition) is 2. The van der Waals surface area contributed by atoms with E-state index >= 15 is 0 Å². The third-order valence-corrected chi connectivity index (χ3v) is 4.07. The summed E-state index contributed by atoms with van der Waals surface area (Å²) in [4.78, 5) is 10.3. The van der Waals surface area contributed by atoms with Crippen molar-refractivity contribution in [2.75, 3.05) is 0 Å². The van der Waals surface area contributed by atoms with Crippen molar-refractivity contribution in [1.82, 2.24) is 0 Å². The van der Waals surface area contributed by atoms with Gasteiger partial charge in [0, 0.05) is 33.7 Å². The normalized spacial score (nSPS) is 11.9. The fraction of sp³-hybridized carbons (Fsp3) is 0.944. The Balaban J connectivity index is 0. The summed E-state index contributed by atoms with van der Waals surface area (Å²) in [6, 6.07) is 0. The van der Waals surface area contributed by atoms with Crippen molar-refractivity contribution >= 4 is 5.97 Å². The SMILES string of the molecule is CCCCCCC(O)CCCCCCCCCCC(=O)O.[Cd]. The van der Waals surface area contributed by atoms with Gasteiger partial charge in [0.2, 0.25) is 0 Å². The van der Waals surface area contributed by atoms with Crippen LogP contribution in [0.2, 0.25) is 0 Å². The molecule has 0 fully saturated rings. The maximum Gasteiger partial charge on any atom is 0.303 e. The first-order chi connectivity index (χ1) is 10.2. The Hall–Kier alpha value is 0.352. The van der Waals surface area contributed by atoms with Gasteiger partial charge >= 0.3 is 5.97 Å². The molecule has 0 aliphatic rings. The van der Waals surface area contributed by atoms with E-state index in [1.54, 1.807) is 0 Å². The maximum absolute atomic E-state index is 10.3. The zero-order valence-corrected chi connectivity index (χ0v) is 18.7. The monoisotopic (exact) mass is 414 g/mol. The Morgan fingerprint density at radius 1 is 0.773 bits per heavy atom. The van der Waals surface area contributed by atoms with Crippen LogP contribution in [-0.2, 0) is 32.1 Å². The van der Waals surface area contributed by atoms with Gasteiger partial charge in [0.15, 0.2) is 0 Å². The van der Waals surface area contributed by atoms with Gasteiger partial charge in [0.1, 0.15) is 0 Å². The number of carbonyl (C=O) groups is 1. The number of rotatable bonds is 16.